The van der Waals surface area contributed by atoms with Gasteiger partial charge in [-0.1, -0.05) is 103 Å². The molecular formula is C22H46O3. The number of unbranched alkanes of at least 4 members (excludes halogenated alkanes) is 15. The van der Waals surface area contributed by atoms with Crippen LogP contribution in [0.2, 0.25) is 0 Å². The molecule has 1 N–H and O–H groups in total. The average Bonchev–Trinajstić information content (AvgIpc) is 2.61. The van der Waals surface area contributed by atoms with E-state index in [9.17, 15) is 5.11 Å². The third kappa shape index (κ3) is 21.8. The highest BCUT2D eigenvalue weighted by atomic mass is 16.5. The van der Waals surface area contributed by atoms with Crippen molar-refractivity contribution >= 4 is 0 Å². The van der Waals surface area contributed by atoms with Gasteiger partial charge in [0.15, 0.2) is 0 Å². The van der Waals surface area contributed by atoms with E-state index in [1.807, 2.05) is 0 Å². The van der Waals surface area contributed by atoms with Crippen LogP contribution in [0.3, 0.4) is 0 Å². The molecule has 25 heavy (non-hydrogen) atoms. The SMILES string of the molecule is CCCCCCCCCCCCCCCCCCOC[C@H](O)COC. The van der Waals surface area contributed by atoms with Crippen LogP contribution < -0.4 is 0 Å². The van der Waals surface area contributed by atoms with E-state index < -0.39 is 6.10 Å². The van der Waals surface area contributed by atoms with Gasteiger partial charge in [0.05, 0.1) is 13.2 Å². The lowest BCUT2D eigenvalue weighted by Gasteiger charge is -2.09. The molecule has 0 bridgehead atoms. The summed E-state index contributed by atoms with van der Waals surface area (Å²) in [6.07, 6.45) is 21.7. The minimum atomic E-state index is -0.481. The Morgan fingerprint density at radius 2 is 1.00 bits per heavy atom. The van der Waals surface area contributed by atoms with E-state index in [4.69, 9.17) is 9.47 Å². The fraction of sp³-hybridized carbons (Fsp3) is 1.00. The van der Waals surface area contributed by atoms with Crippen LogP contribution >= 0.6 is 0 Å². The van der Waals surface area contributed by atoms with Crippen molar-refractivity contribution in [3.8, 4) is 0 Å². The molecule has 0 spiro atoms. The highest BCUT2D eigenvalue weighted by Crippen LogP contribution is 2.13. The van der Waals surface area contributed by atoms with Gasteiger partial charge in [0.2, 0.25) is 0 Å². The van der Waals surface area contributed by atoms with Gasteiger partial charge < -0.3 is 14.6 Å². The van der Waals surface area contributed by atoms with Gasteiger partial charge >= 0.3 is 0 Å². The van der Waals surface area contributed by atoms with Gasteiger partial charge in [-0.25, -0.2) is 0 Å². The van der Waals surface area contributed by atoms with Crippen LogP contribution in [0.25, 0.3) is 0 Å². The van der Waals surface area contributed by atoms with Crippen LogP contribution in [0.5, 0.6) is 0 Å². The van der Waals surface area contributed by atoms with Gasteiger partial charge in [0.1, 0.15) is 6.10 Å². The van der Waals surface area contributed by atoms with Crippen molar-refractivity contribution in [2.75, 3.05) is 26.9 Å². The summed E-state index contributed by atoms with van der Waals surface area (Å²) in [4.78, 5) is 0. The van der Waals surface area contributed by atoms with E-state index in [2.05, 4.69) is 6.92 Å². The summed E-state index contributed by atoms with van der Waals surface area (Å²) in [6.45, 7) is 3.80. The van der Waals surface area contributed by atoms with Crippen LogP contribution in [0.1, 0.15) is 110 Å². The van der Waals surface area contributed by atoms with Gasteiger partial charge in [0.25, 0.3) is 0 Å². The summed E-state index contributed by atoms with van der Waals surface area (Å²) in [5.41, 5.74) is 0. The number of hydrogen-bond donors (Lipinski definition) is 1. The second-order valence-electron chi connectivity index (χ2n) is 7.49. The minimum absolute atomic E-state index is 0.360. The maximum atomic E-state index is 9.43. The smallest absolute Gasteiger partial charge is 0.101 e. The monoisotopic (exact) mass is 358 g/mol. The summed E-state index contributed by atoms with van der Waals surface area (Å²) in [5, 5.41) is 9.43. The molecule has 0 saturated heterocycles. The third-order valence-corrected chi connectivity index (χ3v) is 4.81. The zero-order chi connectivity index (χ0) is 18.4. The molecule has 0 rings (SSSR count). The van der Waals surface area contributed by atoms with Gasteiger partial charge in [-0.3, -0.25) is 0 Å². The van der Waals surface area contributed by atoms with E-state index in [0.29, 0.717) is 13.2 Å². The Hall–Kier alpha value is -0.120. The van der Waals surface area contributed by atoms with E-state index in [0.717, 1.165) is 13.0 Å². The first-order valence-corrected chi connectivity index (χ1v) is 11.1. The molecule has 0 heterocycles. The number of aliphatic hydroxyl groups is 1. The standard InChI is InChI=1S/C22H46O3/c1-3-4-5-6-7-8-9-10-11-12-13-14-15-16-17-18-19-25-21-22(23)20-24-2/h22-23H,3-21H2,1-2H3/t22-/m1/s1. The molecule has 0 aromatic heterocycles. The number of ether oxygens (including phenoxy) is 2. The Balaban J connectivity index is 3.00. The molecule has 0 aliphatic carbocycles. The quantitative estimate of drug-likeness (QED) is 0.246. The fourth-order valence-electron chi connectivity index (χ4n) is 3.21. The lowest BCUT2D eigenvalue weighted by molar-refractivity contribution is -0.00684. The first-order chi connectivity index (χ1) is 12.3. The summed E-state index contributed by atoms with van der Waals surface area (Å²) < 4.78 is 10.3. The molecule has 0 aliphatic rings. The normalized spacial score (nSPS) is 12.6. The maximum absolute atomic E-state index is 9.43. The predicted molar refractivity (Wildman–Crippen MR) is 108 cm³/mol. The number of rotatable bonds is 21. The first-order valence-electron chi connectivity index (χ1n) is 11.1. The second kappa shape index (κ2) is 21.9. The summed E-state index contributed by atoms with van der Waals surface area (Å²) >= 11 is 0. The second-order valence-corrected chi connectivity index (χ2v) is 7.49. The molecule has 0 aliphatic heterocycles. The first kappa shape index (κ1) is 24.9. The van der Waals surface area contributed by atoms with E-state index in [1.54, 1.807) is 7.11 Å². The zero-order valence-electron chi connectivity index (χ0n) is 17.3. The van der Waals surface area contributed by atoms with Gasteiger partial charge in [-0.2, -0.15) is 0 Å². The largest absolute Gasteiger partial charge is 0.388 e. The van der Waals surface area contributed by atoms with Crippen LogP contribution in [0.15, 0.2) is 0 Å². The topological polar surface area (TPSA) is 38.7 Å². The fourth-order valence-corrected chi connectivity index (χ4v) is 3.21. The Kier molecular flexibility index (Phi) is 21.8. The highest BCUT2D eigenvalue weighted by molar-refractivity contribution is 4.52. The Morgan fingerprint density at radius 1 is 0.600 bits per heavy atom. The van der Waals surface area contributed by atoms with Crippen molar-refractivity contribution < 1.29 is 14.6 Å². The molecule has 1 atom stereocenters. The Morgan fingerprint density at radius 3 is 1.40 bits per heavy atom. The molecule has 3 nitrogen and oxygen atoms in total. The lowest BCUT2D eigenvalue weighted by atomic mass is 10.0. The van der Waals surface area contributed by atoms with Crippen molar-refractivity contribution in [2.24, 2.45) is 0 Å². The maximum Gasteiger partial charge on any atom is 0.101 e. The molecule has 0 fully saturated rings. The summed E-state index contributed by atoms with van der Waals surface area (Å²) in [5.74, 6) is 0. The van der Waals surface area contributed by atoms with Crippen LogP contribution in [-0.2, 0) is 9.47 Å². The van der Waals surface area contributed by atoms with Crippen LogP contribution in [0, 0.1) is 0 Å². The number of hydrogen-bond acceptors (Lipinski definition) is 3. The van der Waals surface area contributed by atoms with Crippen molar-refractivity contribution in [1.29, 1.82) is 0 Å². The molecule has 152 valence electrons. The average molecular weight is 359 g/mol. The van der Waals surface area contributed by atoms with Crippen molar-refractivity contribution in [3.05, 3.63) is 0 Å². The molecule has 0 amide bonds. The molecule has 0 aromatic carbocycles. The van der Waals surface area contributed by atoms with E-state index in [-0.39, 0.29) is 0 Å². The van der Waals surface area contributed by atoms with Gasteiger partial charge in [-0.05, 0) is 6.42 Å². The minimum Gasteiger partial charge on any atom is -0.388 e. The van der Waals surface area contributed by atoms with Crippen LogP contribution in [-0.4, -0.2) is 38.1 Å². The third-order valence-electron chi connectivity index (χ3n) is 4.81. The zero-order valence-corrected chi connectivity index (χ0v) is 17.3. The van der Waals surface area contributed by atoms with E-state index >= 15 is 0 Å². The van der Waals surface area contributed by atoms with Gasteiger partial charge in [0, 0.05) is 13.7 Å². The number of aliphatic hydroxyl groups excluding tert-OH is 1. The highest BCUT2D eigenvalue weighted by Gasteiger charge is 2.02. The molecule has 3 heteroatoms. The molecule has 0 aromatic rings. The molecule has 0 radical (unpaired) electrons. The summed E-state index contributed by atoms with van der Waals surface area (Å²) in [7, 11) is 1.60. The summed E-state index contributed by atoms with van der Waals surface area (Å²) in [6, 6.07) is 0. The lowest BCUT2D eigenvalue weighted by Crippen LogP contribution is -2.21. The predicted octanol–water partition coefficient (Wildman–Crippen LogP) is 6.27. The van der Waals surface area contributed by atoms with Gasteiger partial charge in [-0.15, -0.1) is 0 Å². The molecule has 0 saturated carbocycles. The van der Waals surface area contributed by atoms with Crippen molar-refractivity contribution in [1.82, 2.24) is 0 Å². The number of methoxy groups -OCH3 is 1. The molecular weight excluding hydrogens is 312 g/mol. The van der Waals surface area contributed by atoms with Crippen molar-refractivity contribution in [2.45, 2.75) is 116 Å². The Bertz CT molecular complexity index is 233. The van der Waals surface area contributed by atoms with Crippen molar-refractivity contribution in [3.63, 3.8) is 0 Å². The molecule has 0 unspecified atom stereocenters. The van der Waals surface area contributed by atoms with E-state index in [1.165, 1.54) is 96.3 Å². The Labute approximate surface area is 157 Å². The van der Waals surface area contributed by atoms with Crippen LogP contribution in [0.4, 0.5) is 0 Å².